The summed E-state index contributed by atoms with van der Waals surface area (Å²) in [6.45, 7) is 0.735. The first-order chi connectivity index (χ1) is 8.20. The molecule has 0 fully saturated rings. The van der Waals surface area contributed by atoms with Crippen molar-refractivity contribution in [1.29, 1.82) is 0 Å². The van der Waals surface area contributed by atoms with Crippen molar-refractivity contribution < 1.29 is 14.0 Å². The van der Waals surface area contributed by atoms with Crippen molar-refractivity contribution in [3.63, 3.8) is 0 Å². The highest BCUT2D eigenvalue weighted by molar-refractivity contribution is 6.31. The van der Waals surface area contributed by atoms with Crippen LogP contribution in [0.5, 0.6) is 5.88 Å². The van der Waals surface area contributed by atoms with Crippen molar-refractivity contribution >= 4 is 35.0 Å². The third kappa shape index (κ3) is 3.49. The largest absolute Gasteiger partial charge is 0.473 e. The van der Waals surface area contributed by atoms with E-state index < -0.39 is 0 Å². The van der Waals surface area contributed by atoms with Gasteiger partial charge in [0.15, 0.2) is 5.58 Å². The van der Waals surface area contributed by atoms with Crippen LogP contribution in [0.25, 0.3) is 11.0 Å². The highest BCUT2D eigenvalue weighted by atomic mass is 35.5. The van der Waals surface area contributed by atoms with Gasteiger partial charge in [0.2, 0.25) is 0 Å². The van der Waals surface area contributed by atoms with Gasteiger partial charge in [-0.3, -0.25) is 0 Å². The van der Waals surface area contributed by atoms with E-state index in [0.717, 1.165) is 5.39 Å². The Labute approximate surface area is 116 Å². The zero-order valence-corrected chi connectivity index (χ0v) is 11.3. The van der Waals surface area contributed by atoms with Crippen LogP contribution in [-0.4, -0.2) is 31.5 Å². The fourth-order valence-corrected chi connectivity index (χ4v) is 1.61. The summed E-state index contributed by atoms with van der Waals surface area (Å²) in [5.74, 6) is 0.397. The lowest BCUT2D eigenvalue weighted by Crippen LogP contribution is -2.32. The first-order valence-electron chi connectivity index (χ1n) is 5.13. The van der Waals surface area contributed by atoms with Gasteiger partial charge in [-0.2, -0.15) is 0 Å². The van der Waals surface area contributed by atoms with Crippen molar-refractivity contribution in [2.75, 3.05) is 20.3 Å². The van der Waals surface area contributed by atoms with E-state index in [0.29, 0.717) is 29.7 Å². The molecule has 0 saturated carbocycles. The fourth-order valence-electron chi connectivity index (χ4n) is 1.44. The predicted octanol–water partition coefficient (Wildman–Crippen LogP) is 2.26. The van der Waals surface area contributed by atoms with Crippen LogP contribution < -0.4 is 10.5 Å². The highest BCUT2D eigenvalue weighted by Gasteiger charge is 2.11. The SMILES string of the molecule is COCC(N)COc1noc2ccc(Cl)cc12.Cl. The number of rotatable bonds is 5. The number of benzene rings is 1. The molecule has 18 heavy (non-hydrogen) atoms. The standard InChI is InChI=1S/C11H13ClN2O3.ClH/c1-15-5-8(13)6-16-11-9-4-7(12)2-3-10(9)17-14-11;/h2-4,8H,5-6,13H2,1H3;1H. The monoisotopic (exact) mass is 292 g/mol. The number of hydrogen-bond donors (Lipinski definition) is 1. The summed E-state index contributed by atoms with van der Waals surface area (Å²) < 4.78 is 15.5. The van der Waals surface area contributed by atoms with Crippen LogP contribution in [0.1, 0.15) is 0 Å². The first kappa shape index (κ1) is 15.0. The van der Waals surface area contributed by atoms with Crippen LogP contribution in [0.3, 0.4) is 0 Å². The van der Waals surface area contributed by atoms with Crippen molar-refractivity contribution in [1.82, 2.24) is 5.16 Å². The van der Waals surface area contributed by atoms with Crippen LogP contribution in [0.15, 0.2) is 22.7 Å². The number of hydrogen-bond acceptors (Lipinski definition) is 5. The molecule has 2 rings (SSSR count). The van der Waals surface area contributed by atoms with E-state index in [1.54, 1.807) is 25.3 Å². The third-order valence-corrected chi connectivity index (χ3v) is 2.45. The van der Waals surface area contributed by atoms with Crippen LogP contribution in [0.2, 0.25) is 5.02 Å². The summed E-state index contributed by atoms with van der Waals surface area (Å²) in [6.07, 6.45) is 0. The molecule has 0 amide bonds. The van der Waals surface area contributed by atoms with E-state index in [1.165, 1.54) is 0 Å². The van der Waals surface area contributed by atoms with Crippen LogP contribution in [-0.2, 0) is 4.74 Å². The van der Waals surface area contributed by atoms with E-state index in [9.17, 15) is 0 Å². The zero-order chi connectivity index (χ0) is 12.3. The molecule has 1 heterocycles. The van der Waals surface area contributed by atoms with Gasteiger partial charge in [0.1, 0.15) is 6.61 Å². The number of nitrogens with zero attached hydrogens (tertiary/aromatic N) is 1. The van der Waals surface area contributed by atoms with Gasteiger partial charge in [-0.05, 0) is 23.4 Å². The predicted molar refractivity (Wildman–Crippen MR) is 71.6 cm³/mol. The molecule has 0 bridgehead atoms. The third-order valence-electron chi connectivity index (χ3n) is 2.21. The van der Waals surface area contributed by atoms with Gasteiger partial charge in [0.05, 0.1) is 18.0 Å². The Morgan fingerprint density at radius 1 is 1.44 bits per heavy atom. The molecular weight excluding hydrogens is 279 g/mol. The molecule has 7 heteroatoms. The summed E-state index contributed by atoms with van der Waals surface area (Å²) in [4.78, 5) is 0. The van der Waals surface area contributed by atoms with Crippen molar-refractivity contribution in [2.24, 2.45) is 5.73 Å². The number of ether oxygens (including phenoxy) is 2. The molecule has 100 valence electrons. The second-order valence-corrected chi connectivity index (χ2v) is 4.09. The Balaban J connectivity index is 0.00000162. The minimum atomic E-state index is -0.203. The topological polar surface area (TPSA) is 70.5 Å². The Kier molecular flexibility index (Phi) is 5.68. The minimum Gasteiger partial charge on any atom is -0.473 e. The molecule has 1 unspecified atom stereocenters. The Hall–Kier alpha value is -1.01. The maximum absolute atomic E-state index is 5.89. The van der Waals surface area contributed by atoms with Crippen LogP contribution >= 0.6 is 24.0 Å². The van der Waals surface area contributed by atoms with Gasteiger partial charge in [-0.1, -0.05) is 11.6 Å². The molecule has 2 N–H and O–H groups in total. The number of nitrogens with two attached hydrogens (primary N) is 1. The molecule has 0 saturated heterocycles. The number of halogens is 2. The smallest absolute Gasteiger partial charge is 0.262 e. The van der Waals surface area contributed by atoms with Gasteiger partial charge in [0.25, 0.3) is 5.88 Å². The lowest BCUT2D eigenvalue weighted by Gasteiger charge is -2.09. The van der Waals surface area contributed by atoms with E-state index in [2.05, 4.69) is 5.16 Å². The molecule has 0 aliphatic rings. The van der Waals surface area contributed by atoms with Gasteiger partial charge < -0.3 is 19.7 Å². The number of methoxy groups -OCH3 is 1. The Morgan fingerprint density at radius 3 is 2.94 bits per heavy atom. The molecule has 2 aromatic rings. The maximum Gasteiger partial charge on any atom is 0.262 e. The van der Waals surface area contributed by atoms with E-state index in [1.807, 2.05) is 0 Å². The second kappa shape index (κ2) is 6.80. The number of fused-ring (bicyclic) bond motifs is 1. The van der Waals surface area contributed by atoms with Gasteiger partial charge in [0, 0.05) is 12.1 Å². The van der Waals surface area contributed by atoms with E-state index in [-0.39, 0.29) is 18.4 Å². The summed E-state index contributed by atoms with van der Waals surface area (Å²) in [5.41, 5.74) is 6.37. The molecule has 0 radical (unpaired) electrons. The second-order valence-electron chi connectivity index (χ2n) is 3.65. The fraction of sp³-hybridized carbons (Fsp3) is 0.364. The minimum absolute atomic E-state index is 0. The first-order valence-corrected chi connectivity index (χ1v) is 5.50. The normalized spacial score (nSPS) is 12.2. The van der Waals surface area contributed by atoms with Crippen LogP contribution in [0, 0.1) is 0 Å². The summed E-state index contributed by atoms with van der Waals surface area (Å²) in [7, 11) is 1.59. The van der Waals surface area contributed by atoms with Crippen molar-refractivity contribution in [3.8, 4) is 5.88 Å². The maximum atomic E-state index is 5.89. The molecular formula is C11H14Cl2N2O3. The Bertz CT molecular complexity index is 504. The quantitative estimate of drug-likeness (QED) is 0.915. The van der Waals surface area contributed by atoms with Crippen molar-refractivity contribution in [3.05, 3.63) is 23.2 Å². The molecule has 1 aromatic heterocycles. The Morgan fingerprint density at radius 2 is 2.22 bits per heavy atom. The van der Waals surface area contributed by atoms with E-state index >= 15 is 0 Å². The molecule has 0 spiro atoms. The lowest BCUT2D eigenvalue weighted by molar-refractivity contribution is 0.149. The van der Waals surface area contributed by atoms with Crippen LogP contribution in [0.4, 0.5) is 0 Å². The van der Waals surface area contributed by atoms with Crippen molar-refractivity contribution in [2.45, 2.75) is 6.04 Å². The molecule has 1 atom stereocenters. The van der Waals surface area contributed by atoms with E-state index in [4.69, 9.17) is 31.3 Å². The number of aromatic nitrogens is 1. The zero-order valence-electron chi connectivity index (χ0n) is 9.76. The average molecular weight is 293 g/mol. The van der Waals surface area contributed by atoms with Gasteiger partial charge in [-0.15, -0.1) is 12.4 Å². The molecule has 0 aliphatic carbocycles. The summed E-state index contributed by atoms with van der Waals surface area (Å²) in [6, 6.07) is 5.01. The summed E-state index contributed by atoms with van der Waals surface area (Å²) >= 11 is 5.89. The lowest BCUT2D eigenvalue weighted by atomic mass is 10.2. The van der Waals surface area contributed by atoms with Gasteiger partial charge in [-0.25, -0.2) is 0 Å². The summed E-state index contributed by atoms with van der Waals surface area (Å²) in [5, 5.41) is 5.16. The molecule has 5 nitrogen and oxygen atoms in total. The molecule has 0 aliphatic heterocycles. The highest BCUT2D eigenvalue weighted by Crippen LogP contribution is 2.27. The van der Waals surface area contributed by atoms with Gasteiger partial charge >= 0.3 is 0 Å². The molecule has 1 aromatic carbocycles. The average Bonchev–Trinajstić information content (AvgIpc) is 2.69.